The summed E-state index contributed by atoms with van der Waals surface area (Å²) in [5.41, 5.74) is 4.11. The third kappa shape index (κ3) is 4.85. The lowest BCUT2D eigenvalue weighted by Gasteiger charge is -2.22. The second kappa shape index (κ2) is 5.83. The average Bonchev–Trinajstić information content (AvgIpc) is 2.25. The Labute approximate surface area is 115 Å². The molecule has 0 aliphatic carbocycles. The molecule has 1 aromatic rings. The molecule has 0 amide bonds. The lowest BCUT2D eigenvalue weighted by Crippen LogP contribution is -2.39. The van der Waals surface area contributed by atoms with Crippen LogP contribution in [0.4, 0.5) is 13.2 Å². The Kier molecular flexibility index (Phi) is 4.81. The summed E-state index contributed by atoms with van der Waals surface area (Å²) in [5.74, 6) is -0.713. The quantitative estimate of drug-likeness (QED) is 0.870. The monoisotopic (exact) mass is 289 g/mol. The molecule has 1 rings (SSSR count). The Morgan fingerprint density at radius 1 is 1.25 bits per heavy atom. The Morgan fingerprint density at radius 3 is 2.30 bits per heavy atom. The van der Waals surface area contributed by atoms with E-state index in [1.54, 1.807) is 20.8 Å². The van der Waals surface area contributed by atoms with Crippen LogP contribution in [0.2, 0.25) is 0 Å². The third-order valence-electron chi connectivity index (χ3n) is 2.47. The van der Waals surface area contributed by atoms with E-state index in [0.717, 1.165) is 6.07 Å². The minimum absolute atomic E-state index is 0.0154. The van der Waals surface area contributed by atoms with Gasteiger partial charge in [0, 0.05) is 0 Å². The van der Waals surface area contributed by atoms with Crippen molar-refractivity contribution in [2.75, 3.05) is 0 Å². The van der Waals surface area contributed by atoms with E-state index in [2.05, 4.69) is 0 Å². The van der Waals surface area contributed by atoms with Gasteiger partial charge in [-0.25, -0.2) is 0 Å². The third-order valence-corrected chi connectivity index (χ3v) is 2.47. The molecule has 0 aromatic heterocycles. The van der Waals surface area contributed by atoms with E-state index >= 15 is 0 Å². The van der Waals surface area contributed by atoms with Gasteiger partial charge >= 0.3 is 12.1 Å². The molecule has 0 fully saturated rings. The van der Waals surface area contributed by atoms with Crippen LogP contribution in [0.25, 0.3) is 0 Å². The van der Waals surface area contributed by atoms with Gasteiger partial charge in [0.05, 0.1) is 5.56 Å². The summed E-state index contributed by atoms with van der Waals surface area (Å²) in [4.78, 5) is 11.7. The summed E-state index contributed by atoms with van der Waals surface area (Å²) in [7, 11) is 0. The maximum absolute atomic E-state index is 12.8. The van der Waals surface area contributed by atoms with Gasteiger partial charge in [-0.1, -0.05) is 18.2 Å². The van der Waals surface area contributed by atoms with Gasteiger partial charge in [-0.05, 0) is 38.8 Å². The second-order valence-electron chi connectivity index (χ2n) is 5.50. The molecule has 1 atom stereocenters. The number of carbonyl (C=O) groups excluding carboxylic acids is 1. The highest BCUT2D eigenvalue weighted by molar-refractivity contribution is 5.76. The van der Waals surface area contributed by atoms with Crippen molar-refractivity contribution in [2.24, 2.45) is 5.73 Å². The average molecular weight is 289 g/mol. The molecule has 112 valence electrons. The summed E-state index contributed by atoms with van der Waals surface area (Å²) in [6.45, 7) is 5.00. The van der Waals surface area contributed by atoms with E-state index in [-0.39, 0.29) is 12.0 Å². The first-order valence-electron chi connectivity index (χ1n) is 6.14. The fourth-order valence-corrected chi connectivity index (χ4v) is 1.67. The Hall–Kier alpha value is -1.56. The Morgan fingerprint density at radius 2 is 1.80 bits per heavy atom. The van der Waals surface area contributed by atoms with Crippen LogP contribution in [0.15, 0.2) is 24.3 Å². The number of benzene rings is 1. The topological polar surface area (TPSA) is 52.3 Å². The predicted molar refractivity (Wildman–Crippen MR) is 69.0 cm³/mol. The first-order valence-corrected chi connectivity index (χ1v) is 6.14. The van der Waals surface area contributed by atoms with E-state index in [0.29, 0.717) is 0 Å². The van der Waals surface area contributed by atoms with Crippen molar-refractivity contribution in [1.82, 2.24) is 0 Å². The van der Waals surface area contributed by atoms with Crippen molar-refractivity contribution in [2.45, 2.75) is 45.0 Å². The Balaban J connectivity index is 2.86. The number of hydrogen-bond acceptors (Lipinski definition) is 3. The van der Waals surface area contributed by atoms with Crippen LogP contribution < -0.4 is 5.73 Å². The standard InChI is InChI=1S/C14H18F3NO2/c1-13(2,3)20-12(19)11(18)8-9-6-4-5-7-10(9)14(15,16)17/h4-7,11H,8,18H2,1-3H3. The number of esters is 1. The van der Waals surface area contributed by atoms with Crippen LogP contribution in [0.3, 0.4) is 0 Å². The second-order valence-corrected chi connectivity index (χ2v) is 5.50. The van der Waals surface area contributed by atoms with Gasteiger partial charge in [0.2, 0.25) is 0 Å². The molecule has 1 unspecified atom stereocenters. The number of nitrogens with two attached hydrogens (primary N) is 1. The minimum Gasteiger partial charge on any atom is -0.459 e. The molecule has 0 spiro atoms. The van der Waals surface area contributed by atoms with Crippen LogP contribution in [-0.2, 0) is 22.1 Å². The normalized spacial score (nSPS) is 13.9. The maximum atomic E-state index is 12.8. The van der Waals surface area contributed by atoms with Crippen molar-refractivity contribution < 1.29 is 22.7 Å². The highest BCUT2D eigenvalue weighted by atomic mass is 19.4. The molecule has 2 N–H and O–H groups in total. The van der Waals surface area contributed by atoms with E-state index < -0.39 is 29.4 Å². The van der Waals surface area contributed by atoms with Crippen molar-refractivity contribution >= 4 is 5.97 Å². The van der Waals surface area contributed by atoms with E-state index in [1.807, 2.05) is 0 Å². The van der Waals surface area contributed by atoms with Gasteiger partial charge in [-0.3, -0.25) is 4.79 Å². The number of rotatable bonds is 3. The van der Waals surface area contributed by atoms with Gasteiger partial charge < -0.3 is 10.5 Å². The maximum Gasteiger partial charge on any atom is 0.416 e. The van der Waals surface area contributed by atoms with Crippen LogP contribution in [0, 0.1) is 0 Å². The lowest BCUT2D eigenvalue weighted by molar-refractivity contribution is -0.156. The first-order chi connectivity index (χ1) is 9.00. The molecule has 0 aliphatic heterocycles. The molecular formula is C14H18F3NO2. The van der Waals surface area contributed by atoms with Crippen molar-refractivity contribution in [3.8, 4) is 0 Å². The van der Waals surface area contributed by atoms with Crippen LogP contribution >= 0.6 is 0 Å². The molecule has 0 heterocycles. The number of alkyl halides is 3. The summed E-state index contributed by atoms with van der Waals surface area (Å²) in [6, 6.07) is 3.93. The molecule has 0 saturated carbocycles. The van der Waals surface area contributed by atoms with E-state index in [4.69, 9.17) is 10.5 Å². The first kappa shape index (κ1) is 16.5. The molecular weight excluding hydrogens is 271 g/mol. The van der Waals surface area contributed by atoms with Crippen LogP contribution in [0.1, 0.15) is 31.9 Å². The van der Waals surface area contributed by atoms with Gasteiger partial charge in [0.25, 0.3) is 0 Å². The summed E-state index contributed by atoms with van der Waals surface area (Å²) >= 11 is 0. The lowest BCUT2D eigenvalue weighted by atomic mass is 10.00. The largest absolute Gasteiger partial charge is 0.459 e. The van der Waals surface area contributed by atoms with Crippen molar-refractivity contribution in [1.29, 1.82) is 0 Å². The fraction of sp³-hybridized carbons (Fsp3) is 0.500. The van der Waals surface area contributed by atoms with E-state index in [1.165, 1.54) is 18.2 Å². The predicted octanol–water partition coefficient (Wildman–Crippen LogP) is 2.92. The smallest absolute Gasteiger partial charge is 0.416 e. The molecule has 0 saturated heterocycles. The van der Waals surface area contributed by atoms with Crippen molar-refractivity contribution in [3.63, 3.8) is 0 Å². The number of hydrogen-bond donors (Lipinski definition) is 1. The van der Waals surface area contributed by atoms with Crippen LogP contribution in [0.5, 0.6) is 0 Å². The number of halogens is 3. The zero-order valence-electron chi connectivity index (χ0n) is 11.6. The molecule has 6 heteroatoms. The summed E-state index contributed by atoms with van der Waals surface area (Å²) in [5, 5.41) is 0. The minimum atomic E-state index is -4.47. The highest BCUT2D eigenvalue weighted by Crippen LogP contribution is 2.32. The molecule has 20 heavy (non-hydrogen) atoms. The van der Waals surface area contributed by atoms with Gasteiger partial charge in [-0.15, -0.1) is 0 Å². The SMILES string of the molecule is CC(C)(C)OC(=O)C(N)Cc1ccccc1C(F)(F)F. The van der Waals surface area contributed by atoms with Crippen molar-refractivity contribution in [3.05, 3.63) is 35.4 Å². The zero-order chi connectivity index (χ0) is 15.6. The fourth-order valence-electron chi connectivity index (χ4n) is 1.67. The van der Waals surface area contributed by atoms with Crippen LogP contribution in [-0.4, -0.2) is 17.6 Å². The van der Waals surface area contributed by atoms with E-state index in [9.17, 15) is 18.0 Å². The van der Waals surface area contributed by atoms with Gasteiger partial charge in [-0.2, -0.15) is 13.2 Å². The molecule has 0 aliphatic rings. The summed E-state index contributed by atoms with van der Waals surface area (Å²) < 4.78 is 43.5. The molecule has 0 radical (unpaired) electrons. The Bertz CT molecular complexity index is 478. The molecule has 0 bridgehead atoms. The number of carbonyl (C=O) groups is 1. The summed E-state index contributed by atoms with van der Waals surface area (Å²) in [6.07, 6.45) is -4.69. The van der Waals surface area contributed by atoms with Gasteiger partial charge in [0.15, 0.2) is 0 Å². The highest BCUT2D eigenvalue weighted by Gasteiger charge is 2.34. The molecule has 3 nitrogen and oxygen atoms in total. The zero-order valence-corrected chi connectivity index (χ0v) is 11.6. The molecule has 1 aromatic carbocycles. The number of ether oxygens (including phenoxy) is 1. The van der Waals surface area contributed by atoms with Gasteiger partial charge in [0.1, 0.15) is 11.6 Å².